The summed E-state index contributed by atoms with van der Waals surface area (Å²) >= 11 is 0. The van der Waals surface area contributed by atoms with Crippen molar-refractivity contribution in [3.05, 3.63) is 29.3 Å². The van der Waals surface area contributed by atoms with Crippen LogP contribution in [0.15, 0.2) is 18.2 Å². The Hall–Kier alpha value is -1.71. The summed E-state index contributed by atoms with van der Waals surface area (Å²) in [5, 5.41) is 2.91. The van der Waals surface area contributed by atoms with Gasteiger partial charge in [0.2, 0.25) is 0 Å². The number of nitrogen functional groups attached to an aromatic ring is 1. The average Bonchev–Trinajstić information content (AvgIpc) is 2.27. The highest BCUT2D eigenvalue weighted by atomic mass is 16.2. The van der Waals surface area contributed by atoms with E-state index in [-0.39, 0.29) is 12.1 Å². The van der Waals surface area contributed by atoms with Gasteiger partial charge in [-0.2, -0.15) is 0 Å². The smallest absolute Gasteiger partial charge is 0.317 e. The number of urea groups is 1. The number of amides is 2. The highest BCUT2D eigenvalue weighted by Gasteiger charge is 2.20. The topological polar surface area (TPSA) is 58.4 Å². The van der Waals surface area contributed by atoms with E-state index in [2.05, 4.69) is 11.4 Å². The number of benzene rings is 1. The molecular formula is C13H19N3O. The number of fused-ring (bicyclic) bond motifs is 1. The normalized spacial score (nSPS) is 14.6. The summed E-state index contributed by atoms with van der Waals surface area (Å²) in [7, 11) is 0. The number of carbonyl (C=O) groups is 1. The Labute approximate surface area is 102 Å². The fourth-order valence-electron chi connectivity index (χ4n) is 2.09. The van der Waals surface area contributed by atoms with Gasteiger partial charge in [0.1, 0.15) is 0 Å². The Morgan fingerprint density at radius 1 is 1.41 bits per heavy atom. The van der Waals surface area contributed by atoms with Crippen molar-refractivity contribution >= 4 is 11.7 Å². The zero-order valence-corrected chi connectivity index (χ0v) is 10.4. The van der Waals surface area contributed by atoms with E-state index in [1.165, 1.54) is 5.56 Å². The van der Waals surface area contributed by atoms with Crippen LogP contribution >= 0.6 is 0 Å². The summed E-state index contributed by atoms with van der Waals surface area (Å²) in [6.45, 7) is 5.36. The molecule has 0 atom stereocenters. The van der Waals surface area contributed by atoms with Gasteiger partial charge in [0.05, 0.1) is 0 Å². The lowest BCUT2D eigenvalue weighted by Crippen LogP contribution is -2.45. The van der Waals surface area contributed by atoms with Crippen LogP contribution in [0.2, 0.25) is 0 Å². The fraction of sp³-hybridized carbons (Fsp3) is 0.462. The van der Waals surface area contributed by atoms with E-state index in [1.807, 2.05) is 30.9 Å². The molecule has 3 N–H and O–H groups in total. The number of nitrogens with two attached hydrogens (primary N) is 1. The zero-order valence-electron chi connectivity index (χ0n) is 10.4. The molecule has 92 valence electrons. The second-order valence-electron chi connectivity index (χ2n) is 4.80. The van der Waals surface area contributed by atoms with Crippen LogP contribution in [0.3, 0.4) is 0 Å². The first-order valence-electron chi connectivity index (χ1n) is 5.99. The van der Waals surface area contributed by atoms with Crippen LogP contribution in [0.25, 0.3) is 0 Å². The maximum absolute atomic E-state index is 11.9. The number of hydrogen-bond acceptors (Lipinski definition) is 2. The predicted octanol–water partition coefficient (Wildman–Crippen LogP) is 1.74. The van der Waals surface area contributed by atoms with Gasteiger partial charge in [-0.1, -0.05) is 6.07 Å². The first kappa shape index (κ1) is 11.8. The predicted molar refractivity (Wildman–Crippen MR) is 68.6 cm³/mol. The van der Waals surface area contributed by atoms with Crippen LogP contribution in [0.4, 0.5) is 10.5 Å². The first-order chi connectivity index (χ1) is 8.06. The lowest BCUT2D eigenvalue weighted by Gasteiger charge is -2.29. The number of nitrogens with one attached hydrogen (secondary N) is 1. The molecule has 4 heteroatoms. The summed E-state index contributed by atoms with van der Waals surface area (Å²) in [6, 6.07) is 6.12. The first-order valence-corrected chi connectivity index (χ1v) is 5.99. The van der Waals surface area contributed by atoms with Gasteiger partial charge in [0.25, 0.3) is 0 Å². The molecule has 0 saturated heterocycles. The maximum Gasteiger partial charge on any atom is 0.317 e. The average molecular weight is 233 g/mol. The van der Waals surface area contributed by atoms with Crippen molar-refractivity contribution in [2.45, 2.75) is 32.9 Å². The molecule has 1 aromatic carbocycles. The molecule has 1 aliphatic rings. The van der Waals surface area contributed by atoms with Gasteiger partial charge >= 0.3 is 6.03 Å². The van der Waals surface area contributed by atoms with E-state index in [9.17, 15) is 4.79 Å². The maximum atomic E-state index is 11.9. The van der Waals surface area contributed by atoms with Crippen molar-refractivity contribution in [1.82, 2.24) is 10.2 Å². The quantitative estimate of drug-likeness (QED) is 0.726. The van der Waals surface area contributed by atoms with Gasteiger partial charge in [-0.15, -0.1) is 0 Å². The molecule has 0 fully saturated rings. The molecule has 0 spiro atoms. The van der Waals surface area contributed by atoms with Gasteiger partial charge < -0.3 is 16.0 Å². The van der Waals surface area contributed by atoms with Crippen molar-refractivity contribution in [3.63, 3.8) is 0 Å². The highest BCUT2D eigenvalue weighted by Crippen LogP contribution is 2.21. The number of anilines is 1. The van der Waals surface area contributed by atoms with Gasteiger partial charge in [-0.05, 0) is 43.5 Å². The Morgan fingerprint density at radius 2 is 2.18 bits per heavy atom. The summed E-state index contributed by atoms with van der Waals surface area (Å²) < 4.78 is 0. The minimum Gasteiger partial charge on any atom is -0.399 e. The molecule has 2 rings (SSSR count). The van der Waals surface area contributed by atoms with Crippen LogP contribution in [0.5, 0.6) is 0 Å². The van der Waals surface area contributed by atoms with E-state index in [1.54, 1.807) is 0 Å². The molecule has 0 radical (unpaired) electrons. The van der Waals surface area contributed by atoms with Gasteiger partial charge in [-0.25, -0.2) is 4.79 Å². The molecule has 2 amide bonds. The third-order valence-corrected chi connectivity index (χ3v) is 2.94. The third kappa shape index (κ3) is 2.70. The molecular weight excluding hydrogens is 214 g/mol. The molecule has 0 unspecified atom stereocenters. The SMILES string of the molecule is CC(C)NC(=O)N1CCc2ccc(N)cc2C1. The largest absolute Gasteiger partial charge is 0.399 e. The third-order valence-electron chi connectivity index (χ3n) is 2.94. The molecule has 1 aromatic rings. The Kier molecular flexibility index (Phi) is 3.22. The van der Waals surface area contributed by atoms with Crippen LogP contribution in [0, 0.1) is 0 Å². The zero-order chi connectivity index (χ0) is 12.4. The van der Waals surface area contributed by atoms with Gasteiger partial charge in [0, 0.05) is 24.8 Å². The monoisotopic (exact) mass is 233 g/mol. The van der Waals surface area contributed by atoms with Crippen molar-refractivity contribution in [2.75, 3.05) is 12.3 Å². The number of carbonyl (C=O) groups excluding carboxylic acids is 1. The van der Waals surface area contributed by atoms with Crippen LogP contribution < -0.4 is 11.1 Å². The van der Waals surface area contributed by atoms with Gasteiger partial charge in [0.15, 0.2) is 0 Å². The molecule has 1 heterocycles. The minimum atomic E-state index is 0.00748. The van der Waals surface area contributed by atoms with E-state index in [0.29, 0.717) is 6.54 Å². The molecule has 0 saturated carbocycles. The van der Waals surface area contributed by atoms with Crippen LogP contribution in [0.1, 0.15) is 25.0 Å². The molecule has 0 bridgehead atoms. The lowest BCUT2D eigenvalue weighted by atomic mass is 9.99. The Balaban J connectivity index is 2.10. The molecule has 17 heavy (non-hydrogen) atoms. The fourth-order valence-corrected chi connectivity index (χ4v) is 2.09. The number of hydrogen-bond donors (Lipinski definition) is 2. The summed E-state index contributed by atoms with van der Waals surface area (Å²) in [6.07, 6.45) is 0.904. The Bertz CT molecular complexity index is 429. The molecule has 0 aliphatic carbocycles. The molecule has 4 nitrogen and oxygen atoms in total. The summed E-state index contributed by atoms with van der Waals surface area (Å²) in [4.78, 5) is 13.7. The standard InChI is InChI=1S/C13H19N3O/c1-9(2)15-13(17)16-6-5-10-3-4-12(14)7-11(10)8-16/h3-4,7,9H,5-6,8,14H2,1-2H3,(H,15,17). The van der Waals surface area contributed by atoms with E-state index in [4.69, 9.17) is 5.73 Å². The second kappa shape index (κ2) is 4.65. The van der Waals surface area contributed by atoms with E-state index in [0.717, 1.165) is 24.2 Å². The van der Waals surface area contributed by atoms with Crippen LogP contribution in [-0.2, 0) is 13.0 Å². The highest BCUT2D eigenvalue weighted by molar-refractivity contribution is 5.75. The number of nitrogens with zero attached hydrogens (tertiary/aromatic N) is 1. The number of rotatable bonds is 1. The second-order valence-corrected chi connectivity index (χ2v) is 4.80. The minimum absolute atomic E-state index is 0.00748. The molecule has 1 aliphatic heterocycles. The van der Waals surface area contributed by atoms with Crippen molar-refractivity contribution < 1.29 is 4.79 Å². The lowest BCUT2D eigenvalue weighted by molar-refractivity contribution is 0.190. The van der Waals surface area contributed by atoms with Crippen molar-refractivity contribution in [3.8, 4) is 0 Å². The van der Waals surface area contributed by atoms with Crippen LogP contribution in [-0.4, -0.2) is 23.5 Å². The van der Waals surface area contributed by atoms with Crippen molar-refractivity contribution in [2.24, 2.45) is 0 Å². The van der Waals surface area contributed by atoms with E-state index < -0.39 is 0 Å². The molecule has 0 aromatic heterocycles. The van der Waals surface area contributed by atoms with E-state index >= 15 is 0 Å². The Morgan fingerprint density at radius 3 is 2.88 bits per heavy atom. The summed E-state index contributed by atoms with van der Waals surface area (Å²) in [5.41, 5.74) is 8.99. The van der Waals surface area contributed by atoms with Gasteiger partial charge in [-0.3, -0.25) is 0 Å². The van der Waals surface area contributed by atoms with Crippen molar-refractivity contribution in [1.29, 1.82) is 0 Å². The summed E-state index contributed by atoms with van der Waals surface area (Å²) in [5.74, 6) is 0.